The Morgan fingerprint density at radius 1 is 1.39 bits per heavy atom. The summed E-state index contributed by atoms with van der Waals surface area (Å²) in [5.41, 5.74) is 1.33. The lowest BCUT2D eigenvalue weighted by molar-refractivity contribution is -0.117. The van der Waals surface area contributed by atoms with Gasteiger partial charge in [0.2, 0.25) is 0 Å². The summed E-state index contributed by atoms with van der Waals surface area (Å²) in [6.45, 7) is 6.49. The number of carbonyl (C=O) groups is 2. The molecule has 0 saturated heterocycles. The number of nitriles is 1. The molecule has 0 radical (unpaired) electrons. The zero-order valence-electron chi connectivity index (χ0n) is 16.2. The van der Waals surface area contributed by atoms with Gasteiger partial charge in [0, 0.05) is 17.8 Å². The molecule has 0 bridgehead atoms. The number of anilines is 2. The van der Waals surface area contributed by atoms with Crippen molar-refractivity contribution in [2.24, 2.45) is 5.92 Å². The normalized spacial score (nSPS) is 12.9. The lowest BCUT2D eigenvalue weighted by Crippen LogP contribution is -2.22. The van der Waals surface area contributed by atoms with E-state index in [-0.39, 0.29) is 34.9 Å². The van der Waals surface area contributed by atoms with Crippen molar-refractivity contribution in [3.8, 4) is 6.07 Å². The quantitative estimate of drug-likeness (QED) is 0.625. The molecule has 6 nitrogen and oxygen atoms in total. The van der Waals surface area contributed by atoms with Crippen LogP contribution in [0.25, 0.3) is 0 Å². The zero-order chi connectivity index (χ0) is 21.0. The second kappa shape index (κ2) is 8.98. The Bertz CT molecular complexity index is 948. The summed E-state index contributed by atoms with van der Waals surface area (Å²) in [6, 6.07) is 6.01. The van der Waals surface area contributed by atoms with E-state index >= 15 is 0 Å². The molecule has 0 aliphatic heterocycles. The van der Waals surface area contributed by atoms with Crippen LogP contribution in [0.1, 0.15) is 55.7 Å². The van der Waals surface area contributed by atoms with Crippen molar-refractivity contribution < 1.29 is 14.0 Å². The van der Waals surface area contributed by atoms with E-state index < -0.39 is 11.7 Å². The van der Waals surface area contributed by atoms with Crippen LogP contribution in [-0.2, 0) is 4.79 Å². The summed E-state index contributed by atoms with van der Waals surface area (Å²) in [7, 11) is 0. The molecule has 0 amide bonds. The van der Waals surface area contributed by atoms with Gasteiger partial charge in [-0.25, -0.2) is 4.39 Å². The highest BCUT2D eigenvalue weighted by Crippen LogP contribution is 2.32. The Kier molecular flexibility index (Phi) is 6.92. The second-order valence-corrected chi connectivity index (χ2v) is 7.09. The third-order valence-corrected chi connectivity index (χ3v) is 4.86. The summed E-state index contributed by atoms with van der Waals surface area (Å²) in [6.07, 6.45) is 0.662. The monoisotopic (exact) mass is 404 g/mol. The Morgan fingerprint density at radius 2 is 2.07 bits per heavy atom. The van der Waals surface area contributed by atoms with Crippen LogP contribution in [0.15, 0.2) is 18.2 Å². The van der Waals surface area contributed by atoms with Crippen molar-refractivity contribution in [3.05, 3.63) is 40.3 Å². The minimum absolute atomic E-state index is 0.00815. The van der Waals surface area contributed by atoms with Crippen molar-refractivity contribution in [1.82, 2.24) is 9.78 Å². The highest BCUT2D eigenvalue weighted by molar-refractivity contribution is 6.30. The molecule has 8 heteroatoms. The number of benzene rings is 1. The molecule has 1 heterocycles. The largest absolute Gasteiger partial charge is 0.338 e. The first-order valence-corrected chi connectivity index (χ1v) is 9.28. The first-order valence-electron chi connectivity index (χ1n) is 8.90. The number of nitrogens with one attached hydrogen (secondary N) is 1. The summed E-state index contributed by atoms with van der Waals surface area (Å²) < 4.78 is 15.4. The number of nitrogens with zero attached hydrogens (tertiary/aromatic N) is 3. The molecule has 2 unspecified atom stereocenters. The van der Waals surface area contributed by atoms with Gasteiger partial charge in [0.15, 0.2) is 11.6 Å². The van der Waals surface area contributed by atoms with E-state index in [1.54, 1.807) is 17.7 Å². The van der Waals surface area contributed by atoms with Gasteiger partial charge < -0.3 is 5.32 Å². The predicted octanol–water partition coefficient (Wildman–Crippen LogP) is 5.00. The highest BCUT2D eigenvalue weighted by atomic mass is 35.5. The van der Waals surface area contributed by atoms with Crippen molar-refractivity contribution in [1.29, 1.82) is 5.26 Å². The maximum Gasteiger partial charge on any atom is 0.165 e. The van der Waals surface area contributed by atoms with Crippen molar-refractivity contribution in [3.63, 3.8) is 0 Å². The first kappa shape index (κ1) is 21.6. The number of ketones is 2. The van der Waals surface area contributed by atoms with Gasteiger partial charge in [-0.1, -0.05) is 18.5 Å². The number of carbonyl (C=O) groups excluding carboxylic acids is 2. The van der Waals surface area contributed by atoms with Gasteiger partial charge in [-0.15, -0.1) is 0 Å². The maximum atomic E-state index is 13.7. The van der Waals surface area contributed by atoms with E-state index in [9.17, 15) is 19.2 Å². The van der Waals surface area contributed by atoms with Gasteiger partial charge in [0.05, 0.1) is 28.6 Å². The number of Topliss-reactive ketones (excluding diaryl/α,β-unsaturated/α-hetero) is 2. The lowest BCUT2D eigenvalue weighted by atomic mass is 9.93. The molecule has 2 rings (SSSR count). The minimum atomic E-state index is -0.593. The van der Waals surface area contributed by atoms with E-state index in [4.69, 9.17) is 11.6 Å². The molecule has 0 aliphatic carbocycles. The average molecular weight is 405 g/mol. The number of hydrogen-bond acceptors (Lipinski definition) is 5. The molecule has 1 aromatic carbocycles. The van der Waals surface area contributed by atoms with Crippen LogP contribution in [0.5, 0.6) is 0 Å². The molecule has 0 fully saturated rings. The Morgan fingerprint density at radius 3 is 2.57 bits per heavy atom. The van der Waals surface area contributed by atoms with Crippen LogP contribution < -0.4 is 5.32 Å². The van der Waals surface area contributed by atoms with E-state index in [1.165, 1.54) is 26.0 Å². The van der Waals surface area contributed by atoms with Crippen LogP contribution in [0.3, 0.4) is 0 Å². The summed E-state index contributed by atoms with van der Waals surface area (Å²) in [4.78, 5) is 23.8. The molecular weight excluding hydrogens is 383 g/mol. The topological polar surface area (TPSA) is 87.8 Å². The summed E-state index contributed by atoms with van der Waals surface area (Å²) >= 11 is 5.71. The standard InChI is InChI=1S/C20H22ClFN4O2/c1-5-18(14(10-23)8-11(2)27)26-12(3)19(13(4)28)20(25-26)24-15-6-7-16(21)17(22)9-15/h6-7,9,14,18H,5,8H2,1-4H3,(H,24,25). The van der Waals surface area contributed by atoms with Crippen molar-refractivity contribution >= 4 is 34.7 Å². The lowest BCUT2D eigenvalue weighted by Gasteiger charge is -2.21. The van der Waals surface area contributed by atoms with Gasteiger partial charge in [-0.05, 0) is 45.4 Å². The molecule has 0 aliphatic rings. The van der Waals surface area contributed by atoms with E-state index in [1.807, 2.05) is 6.92 Å². The molecule has 2 atom stereocenters. The maximum absolute atomic E-state index is 13.7. The molecule has 2 aromatic rings. The number of halogens is 2. The van der Waals surface area contributed by atoms with Crippen LogP contribution >= 0.6 is 11.6 Å². The van der Waals surface area contributed by atoms with Crippen LogP contribution in [0.4, 0.5) is 15.9 Å². The number of aromatic nitrogens is 2. The summed E-state index contributed by atoms with van der Waals surface area (Å²) in [5.74, 6) is -1.19. The van der Waals surface area contributed by atoms with Gasteiger partial charge >= 0.3 is 0 Å². The molecule has 1 N–H and O–H groups in total. The Hall–Kier alpha value is -2.72. The van der Waals surface area contributed by atoms with Crippen LogP contribution in [0.2, 0.25) is 5.02 Å². The van der Waals surface area contributed by atoms with Gasteiger partial charge in [-0.2, -0.15) is 10.4 Å². The smallest absolute Gasteiger partial charge is 0.165 e. The minimum Gasteiger partial charge on any atom is -0.338 e. The first-order chi connectivity index (χ1) is 13.2. The number of rotatable bonds is 8. The predicted molar refractivity (Wildman–Crippen MR) is 105 cm³/mol. The summed E-state index contributed by atoms with van der Waals surface area (Å²) in [5, 5.41) is 17.0. The fourth-order valence-electron chi connectivity index (χ4n) is 3.27. The highest BCUT2D eigenvalue weighted by Gasteiger charge is 2.28. The fraction of sp³-hybridized carbons (Fsp3) is 0.400. The fourth-order valence-corrected chi connectivity index (χ4v) is 3.38. The second-order valence-electron chi connectivity index (χ2n) is 6.68. The molecule has 0 saturated carbocycles. The van der Waals surface area contributed by atoms with E-state index in [0.29, 0.717) is 23.4 Å². The SMILES string of the molecule is CCC(C(C#N)CC(C)=O)n1nc(Nc2ccc(Cl)c(F)c2)c(C(C)=O)c1C. The molecule has 28 heavy (non-hydrogen) atoms. The molecule has 148 valence electrons. The molecular formula is C20H22ClFN4O2. The van der Waals surface area contributed by atoms with Gasteiger partial charge in [0.1, 0.15) is 11.6 Å². The number of hydrogen-bond donors (Lipinski definition) is 1. The Labute approximate surface area is 168 Å². The van der Waals surface area contributed by atoms with Gasteiger partial charge in [0.25, 0.3) is 0 Å². The third-order valence-electron chi connectivity index (χ3n) is 4.55. The zero-order valence-corrected chi connectivity index (χ0v) is 17.0. The van der Waals surface area contributed by atoms with Crippen LogP contribution in [-0.4, -0.2) is 21.3 Å². The van der Waals surface area contributed by atoms with Crippen molar-refractivity contribution in [2.45, 2.75) is 46.6 Å². The van der Waals surface area contributed by atoms with Crippen molar-refractivity contribution in [2.75, 3.05) is 5.32 Å². The molecule has 0 spiro atoms. The van der Waals surface area contributed by atoms with E-state index in [2.05, 4.69) is 16.5 Å². The molecule has 1 aromatic heterocycles. The third kappa shape index (κ3) is 4.57. The van der Waals surface area contributed by atoms with E-state index in [0.717, 1.165) is 0 Å². The average Bonchev–Trinajstić information content (AvgIpc) is 2.93. The van der Waals surface area contributed by atoms with Crippen LogP contribution in [0, 0.1) is 30.0 Å². The van der Waals surface area contributed by atoms with Gasteiger partial charge in [-0.3, -0.25) is 14.3 Å². The Balaban J connectivity index is 2.50.